The molecule has 1 saturated heterocycles. The molecule has 1 aromatic carbocycles. The van der Waals surface area contributed by atoms with Crippen LogP contribution in [-0.4, -0.2) is 48.1 Å². The molecule has 0 radical (unpaired) electrons. The minimum Gasteiger partial charge on any atom is -0.472 e. The van der Waals surface area contributed by atoms with E-state index in [9.17, 15) is 0 Å². The topological polar surface area (TPSA) is 57.1 Å². The first-order chi connectivity index (χ1) is 12.2. The van der Waals surface area contributed by atoms with Crippen molar-refractivity contribution in [1.82, 2.24) is 20.2 Å². The average Bonchev–Trinajstić information content (AvgIpc) is 3.29. The molecule has 3 aromatic rings. The minimum atomic E-state index is 0.648. The summed E-state index contributed by atoms with van der Waals surface area (Å²) in [5.74, 6) is 1.53. The van der Waals surface area contributed by atoms with Crippen LogP contribution in [0.15, 0.2) is 35.1 Å². The van der Waals surface area contributed by atoms with Gasteiger partial charge in [-0.3, -0.25) is 0 Å². The van der Waals surface area contributed by atoms with Crippen LogP contribution in [0.2, 0.25) is 0 Å². The van der Waals surface area contributed by atoms with Crippen molar-refractivity contribution in [3.8, 4) is 11.4 Å². The molecule has 0 amide bonds. The Morgan fingerprint density at radius 1 is 1.32 bits per heavy atom. The third kappa shape index (κ3) is 3.34. The molecule has 0 saturated carbocycles. The number of imidazole rings is 1. The molecule has 25 heavy (non-hydrogen) atoms. The number of aromatic amines is 1. The number of H-pyrrole nitrogens is 1. The summed E-state index contributed by atoms with van der Waals surface area (Å²) >= 11 is 0. The van der Waals surface area contributed by atoms with Crippen molar-refractivity contribution < 1.29 is 4.42 Å². The summed E-state index contributed by atoms with van der Waals surface area (Å²) in [5.41, 5.74) is 5.88. The molecule has 132 valence electrons. The lowest BCUT2D eigenvalue weighted by atomic mass is 9.88. The molecule has 0 atom stereocenters. The van der Waals surface area contributed by atoms with Crippen LogP contribution in [0.5, 0.6) is 0 Å². The number of likely N-dealkylation sites (N-methyl/N-ethyl adjacent to an activating group) is 1. The number of fused-ring (bicyclic) bond motifs is 1. The normalized spacial score (nSPS) is 16.7. The number of hydrogen-bond donors (Lipinski definition) is 2. The van der Waals surface area contributed by atoms with Gasteiger partial charge in [-0.15, -0.1) is 0 Å². The van der Waals surface area contributed by atoms with Gasteiger partial charge in [0.05, 0.1) is 22.9 Å². The van der Waals surface area contributed by atoms with Gasteiger partial charge < -0.3 is 19.6 Å². The van der Waals surface area contributed by atoms with Crippen molar-refractivity contribution >= 4 is 11.0 Å². The summed E-state index contributed by atoms with van der Waals surface area (Å²) in [4.78, 5) is 10.8. The fourth-order valence-corrected chi connectivity index (χ4v) is 3.85. The van der Waals surface area contributed by atoms with Crippen molar-refractivity contribution in [3.05, 3.63) is 41.9 Å². The van der Waals surface area contributed by atoms with Gasteiger partial charge in [0.15, 0.2) is 0 Å². The van der Waals surface area contributed by atoms with Gasteiger partial charge in [0, 0.05) is 13.1 Å². The van der Waals surface area contributed by atoms with E-state index < -0.39 is 0 Å². The first-order valence-corrected chi connectivity index (χ1v) is 9.14. The average molecular weight is 338 g/mol. The van der Waals surface area contributed by atoms with Crippen molar-refractivity contribution in [2.24, 2.45) is 0 Å². The molecular weight excluding hydrogens is 312 g/mol. The van der Waals surface area contributed by atoms with Crippen LogP contribution >= 0.6 is 0 Å². The van der Waals surface area contributed by atoms with Crippen molar-refractivity contribution in [1.29, 1.82) is 0 Å². The number of hydrogen-bond acceptors (Lipinski definition) is 4. The van der Waals surface area contributed by atoms with Crippen LogP contribution < -0.4 is 5.32 Å². The van der Waals surface area contributed by atoms with Crippen LogP contribution in [0, 0.1) is 6.92 Å². The standard InChI is InChI=1S/C20H26N4O/c1-14-11-17(15-3-7-24(8-4-15)9-6-21-2)12-18-19(14)23-20(22-18)16-5-10-25-13-16/h5,10-13,15,21H,3-4,6-9H2,1-2H3,(H,22,23). The van der Waals surface area contributed by atoms with E-state index >= 15 is 0 Å². The lowest BCUT2D eigenvalue weighted by molar-refractivity contribution is 0.214. The molecule has 1 aliphatic rings. The summed E-state index contributed by atoms with van der Waals surface area (Å²) in [7, 11) is 2.02. The maximum Gasteiger partial charge on any atom is 0.141 e. The molecule has 0 spiro atoms. The zero-order valence-electron chi connectivity index (χ0n) is 15.0. The molecule has 0 aliphatic carbocycles. The first kappa shape index (κ1) is 16.4. The predicted octanol–water partition coefficient (Wildman–Crippen LogP) is 3.53. The molecule has 2 aromatic heterocycles. The van der Waals surface area contributed by atoms with Gasteiger partial charge in [-0.25, -0.2) is 4.98 Å². The van der Waals surface area contributed by atoms with Gasteiger partial charge in [-0.2, -0.15) is 0 Å². The lowest BCUT2D eigenvalue weighted by Gasteiger charge is -2.32. The van der Waals surface area contributed by atoms with Crippen molar-refractivity contribution in [2.45, 2.75) is 25.7 Å². The molecule has 0 unspecified atom stereocenters. The Bertz CT molecular complexity index is 829. The summed E-state index contributed by atoms with van der Waals surface area (Å²) in [6.07, 6.45) is 5.88. The lowest BCUT2D eigenvalue weighted by Crippen LogP contribution is -2.37. The van der Waals surface area contributed by atoms with Gasteiger partial charge in [0.1, 0.15) is 12.1 Å². The molecule has 3 heterocycles. The summed E-state index contributed by atoms with van der Waals surface area (Å²) < 4.78 is 5.18. The third-order valence-electron chi connectivity index (χ3n) is 5.33. The van der Waals surface area contributed by atoms with Crippen LogP contribution in [0.25, 0.3) is 22.4 Å². The van der Waals surface area contributed by atoms with Crippen LogP contribution in [0.3, 0.4) is 0 Å². The Balaban J connectivity index is 1.55. The van der Waals surface area contributed by atoms with E-state index in [0.29, 0.717) is 5.92 Å². The summed E-state index contributed by atoms with van der Waals surface area (Å²) in [6.45, 7) is 6.75. The van der Waals surface area contributed by atoms with Gasteiger partial charge in [-0.1, -0.05) is 6.07 Å². The molecule has 4 rings (SSSR count). The highest BCUT2D eigenvalue weighted by Crippen LogP contribution is 2.32. The zero-order chi connectivity index (χ0) is 17.2. The Labute approximate surface area is 148 Å². The van der Waals surface area contributed by atoms with Gasteiger partial charge in [0.25, 0.3) is 0 Å². The summed E-state index contributed by atoms with van der Waals surface area (Å²) in [6, 6.07) is 6.57. The number of furan rings is 1. The van der Waals surface area contributed by atoms with E-state index in [0.717, 1.165) is 35.5 Å². The SMILES string of the molecule is CNCCN1CCC(c2cc(C)c3nc(-c4ccoc4)[nH]c3c2)CC1. The number of nitrogens with zero attached hydrogens (tertiary/aromatic N) is 2. The van der Waals surface area contributed by atoms with Crippen LogP contribution in [-0.2, 0) is 0 Å². The highest BCUT2D eigenvalue weighted by Gasteiger charge is 2.21. The van der Waals surface area contributed by atoms with E-state index in [1.54, 1.807) is 12.5 Å². The smallest absolute Gasteiger partial charge is 0.141 e. The molecule has 2 N–H and O–H groups in total. The quantitative estimate of drug-likeness (QED) is 0.747. The number of aryl methyl sites for hydroxylation is 1. The van der Waals surface area contributed by atoms with Gasteiger partial charge in [-0.05, 0) is 69.1 Å². The molecular formula is C20H26N4O. The Morgan fingerprint density at radius 3 is 2.88 bits per heavy atom. The minimum absolute atomic E-state index is 0.648. The highest BCUT2D eigenvalue weighted by atomic mass is 16.3. The second-order valence-electron chi connectivity index (χ2n) is 7.05. The second-order valence-corrected chi connectivity index (χ2v) is 7.05. The van der Waals surface area contributed by atoms with Crippen LogP contribution in [0.4, 0.5) is 0 Å². The Morgan fingerprint density at radius 2 is 2.16 bits per heavy atom. The maximum atomic E-state index is 5.18. The number of rotatable bonds is 5. The van der Waals surface area contributed by atoms with E-state index in [-0.39, 0.29) is 0 Å². The van der Waals surface area contributed by atoms with E-state index in [1.807, 2.05) is 13.1 Å². The molecule has 0 bridgehead atoms. The fraction of sp³-hybridized carbons (Fsp3) is 0.450. The molecule has 1 fully saturated rings. The number of nitrogens with one attached hydrogen (secondary N) is 2. The third-order valence-corrected chi connectivity index (χ3v) is 5.33. The molecule has 5 nitrogen and oxygen atoms in total. The van der Waals surface area contributed by atoms with Crippen molar-refractivity contribution in [3.63, 3.8) is 0 Å². The van der Waals surface area contributed by atoms with Crippen molar-refractivity contribution in [2.75, 3.05) is 33.2 Å². The fourth-order valence-electron chi connectivity index (χ4n) is 3.85. The first-order valence-electron chi connectivity index (χ1n) is 9.14. The zero-order valence-corrected chi connectivity index (χ0v) is 15.0. The number of likely N-dealkylation sites (tertiary alicyclic amines) is 1. The van der Waals surface area contributed by atoms with E-state index in [1.165, 1.54) is 37.1 Å². The van der Waals surface area contributed by atoms with E-state index in [2.05, 4.69) is 34.3 Å². The predicted molar refractivity (Wildman–Crippen MR) is 101 cm³/mol. The highest BCUT2D eigenvalue weighted by molar-refractivity contribution is 5.83. The Kier molecular flexibility index (Phi) is 4.59. The van der Waals surface area contributed by atoms with Crippen LogP contribution in [0.1, 0.15) is 29.9 Å². The number of aromatic nitrogens is 2. The number of benzene rings is 1. The molecule has 5 heteroatoms. The number of piperidine rings is 1. The summed E-state index contributed by atoms with van der Waals surface area (Å²) in [5, 5.41) is 3.24. The molecule has 1 aliphatic heterocycles. The van der Waals surface area contributed by atoms with E-state index in [4.69, 9.17) is 9.40 Å². The van der Waals surface area contributed by atoms with Gasteiger partial charge >= 0.3 is 0 Å². The largest absolute Gasteiger partial charge is 0.472 e. The monoisotopic (exact) mass is 338 g/mol. The maximum absolute atomic E-state index is 5.18. The Hall–Kier alpha value is -2.11. The van der Waals surface area contributed by atoms with Gasteiger partial charge in [0.2, 0.25) is 0 Å². The second kappa shape index (κ2) is 7.02.